The minimum atomic E-state index is -0.614. The van der Waals surface area contributed by atoms with E-state index in [4.69, 9.17) is 9.97 Å². The van der Waals surface area contributed by atoms with E-state index in [0.717, 1.165) is 71.7 Å². The molecule has 1 aliphatic heterocycles. The van der Waals surface area contributed by atoms with Crippen molar-refractivity contribution in [3.05, 3.63) is 75.7 Å². The fourth-order valence-corrected chi connectivity index (χ4v) is 8.99. The third kappa shape index (κ3) is 8.45. The molecule has 3 aliphatic rings. The van der Waals surface area contributed by atoms with Gasteiger partial charge in [-0.2, -0.15) is 0 Å². The molecule has 2 atom stereocenters. The fourth-order valence-electron chi connectivity index (χ4n) is 8.02. The van der Waals surface area contributed by atoms with Gasteiger partial charge in [0.25, 0.3) is 5.91 Å². The Morgan fingerprint density at radius 2 is 1.62 bits per heavy atom. The Morgan fingerprint density at radius 1 is 0.917 bits per heavy atom. The maximum atomic E-state index is 13.6. The van der Waals surface area contributed by atoms with Crippen molar-refractivity contribution in [2.45, 2.75) is 116 Å². The van der Waals surface area contributed by atoms with Crippen molar-refractivity contribution in [2.75, 3.05) is 13.1 Å². The number of carbonyl (C=O) groups is 2. The zero-order chi connectivity index (χ0) is 33.7. The van der Waals surface area contributed by atoms with Gasteiger partial charge in [0.05, 0.1) is 4.88 Å². The molecule has 2 aliphatic carbocycles. The zero-order valence-electron chi connectivity index (χ0n) is 29.5. The van der Waals surface area contributed by atoms with E-state index in [0.29, 0.717) is 17.1 Å². The lowest BCUT2D eigenvalue weighted by atomic mass is 9.70. The van der Waals surface area contributed by atoms with E-state index in [1.165, 1.54) is 68.3 Å². The molecular formula is C41H54N4O2S. The Morgan fingerprint density at radius 3 is 2.23 bits per heavy atom. The van der Waals surface area contributed by atoms with Crippen molar-refractivity contribution in [1.82, 2.24) is 20.2 Å². The van der Waals surface area contributed by atoms with Crippen LogP contribution in [-0.4, -0.2) is 45.8 Å². The molecule has 2 aromatic heterocycles. The van der Waals surface area contributed by atoms with Crippen LogP contribution in [0.3, 0.4) is 0 Å². The zero-order valence-corrected chi connectivity index (χ0v) is 30.3. The molecule has 48 heavy (non-hydrogen) atoms. The highest BCUT2D eigenvalue weighted by atomic mass is 32.1. The summed E-state index contributed by atoms with van der Waals surface area (Å²) in [5.74, 6) is 3.24. The van der Waals surface area contributed by atoms with E-state index in [-0.39, 0.29) is 17.2 Å². The van der Waals surface area contributed by atoms with E-state index < -0.39 is 6.04 Å². The van der Waals surface area contributed by atoms with Gasteiger partial charge >= 0.3 is 0 Å². The van der Waals surface area contributed by atoms with Crippen LogP contribution >= 0.6 is 11.3 Å². The normalized spacial score (nSPS) is 22.3. The Kier molecular flexibility index (Phi) is 11.1. The standard InChI is InChI=1S/C41H54N4O2S/c1-5-8-28-9-13-30(14-10-28)31-17-19-32(20-18-31)34-26-42-38(43-27-34)33-15-11-29(12-16-33)25-35(40(47)45-23-6-7-24-45)44-39(46)36-21-22-37(48-36)41(2,3)4/h11-12,15-16,19,21-22,26-28,30-31,35H,5-10,13-14,17-18,20,23-25H2,1-4H3,(H,44,46)/t28?,30?,31?,35-/m0/s1. The minimum Gasteiger partial charge on any atom is -0.341 e. The van der Waals surface area contributed by atoms with Crippen LogP contribution in [0.4, 0.5) is 0 Å². The maximum Gasteiger partial charge on any atom is 0.262 e. The van der Waals surface area contributed by atoms with E-state index in [9.17, 15) is 9.59 Å². The quantitative estimate of drug-likeness (QED) is 0.234. The number of benzene rings is 1. The van der Waals surface area contributed by atoms with Gasteiger partial charge in [0.1, 0.15) is 6.04 Å². The molecule has 6 rings (SSSR count). The van der Waals surface area contributed by atoms with Gasteiger partial charge in [0, 0.05) is 47.9 Å². The predicted molar refractivity (Wildman–Crippen MR) is 197 cm³/mol. The second-order valence-corrected chi connectivity index (χ2v) is 16.6. The first-order valence-corrected chi connectivity index (χ1v) is 19.3. The molecule has 6 nitrogen and oxygen atoms in total. The fraction of sp³-hybridized carbons (Fsp3) is 0.561. The first-order chi connectivity index (χ1) is 23.2. The molecule has 1 saturated carbocycles. The lowest BCUT2D eigenvalue weighted by molar-refractivity contribution is -0.132. The van der Waals surface area contributed by atoms with Crippen LogP contribution in [0.2, 0.25) is 0 Å². The Hall–Kier alpha value is -3.32. The lowest BCUT2D eigenvalue weighted by Crippen LogP contribution is -2.48. The second-order valence-electron chi connectivity index (χ2n) is 15.5. The molecule has 2 fully saturated rings. The summed E-state index contributed by atoms with van der Waals surface area (Å²) in [6.45, 7) is 10.3. The highest BCUT2D eigenvalue weighted by Crippen LogP contribution is 2.42. The van der Waals surface area contributed by atoms with Crippen molar-refractivity contribution in [2.24, 2.45) is 17.8 Å². The molecule has 1 aromatic carbocycles. The average molecular weight is 667 g/mol. The van der Waals surface area contributed by atoms with Gasteiger partial charge in [-0.15, -0.1) is 11.3 Å². The first-order valence-electron chi connectivity index (χ1n) is 18.5. The Bertz CT molecular complexity index is 1550. The SMILES string of the molecule is CCCC1CCC(C2CC=C(c3cnc(-c4ccc(C[C@H](NC(=O)c5ccc(C(C)(C)C)s5)C(=O)N5CCCC5)cc4)nc3)CC2)CC1. The largest absolute Gasteiger partial charge is 0.341 e. The summed E-state index contributed by atoms with van der Waals surface area (Å²) in [5.41, 5.74) is 4.45. The number of allylic oxidation sites excluding steroid dienone is 2. The van der Waals surface area contributed by atoms with Gasteiger partial charge in [-0.25, -0.2) is 9.97 Å². The number of nitrogens with zero attached hydrogens (tertiary/aromatic N) is 3. The van der Waals surface area contributed by atoms with Crippen LogP contribution in [-0.2, 0) is 16.6 Å². The van der Waals surface area contributed by atoms with E-state index in [1.54, 1.807) is 0 Å². The molecule has 1 N–H and O–H groups in total. The number of hydrogen-bond donors (Lipinski definition) is 1. The van der Waals surface area contributed by atoms with Crippen molar-refractivity contribution in [1.29, 1.82) is 0 Å². The summed E-state index contributed by atoms with van der Waals surface area (Å²) < 4.78 is 0. The Labute approximate surface area is 291 Å². The summed E-state index contributed by atoms with van der Waals surface area (Å²) >= 11 is 1.50. The Balaban J connectivity index is 1.07. The number of aromatic nitrogens is 2. The number of amides is 2. The third-order valence-corrected chi connectivity index (χ3v) is 12.5. The third-order valence-electron chi connectivity index (χ3n) is 11.0. The molecule has 3 aromatic rings. The van der Waals surface area contributed by atoms with Crippen LogP contribution in [0.1, 0.15) is 124 Å². The van der Waals surface area contributed by atoms with Gasteiger partial charge in [-0.1, -0.05) is 83.7 Å². The van der Waals surface area contributed by atoms with Crippen molar-refractivity contribution >= 4 is 28.7 Å². The molecule has 1 unspecified atom stereocenters. The number of likely N-dealkylation sites (tertiary alicyclic amines) is 1. The van der Waals surface area contributed by atoms with Gasteiger partial charge in [0.2, 0.25) is 5.91 Å². The molecule has 0 spiro atoms. The van der Waals surface area contributed by atoms with Gasteiger partial charge < -0.3 is 10.2 Å². The van der Waals surface area contributed by atoms with Gasteiger partial charge in [-0.3, -0.25) is 9.59 Å². The molecule has 0 bridgehead atoms. The number of nitrogens with one attached hydrogen (secondary N) is 1. The summed E-state index contributed by atoms with van der Waals surface area (Å²) in [6.07, 6.45) is 20.9. The number of hydrogen-bond acceptors (Lipinski definition) is 5. The molecule has 0 radical (unpaired) electrons. The molecule has 2 amide bonds. The summed E-state index contributed by atoms with van der Waals surface area (Å²) in [7, 11) is 0. The highest BCUT2D eigenvalue weighted by molar-refractivity contribution is 7.14. The summed E-state index contributed by atoms with van der Waals surface area (Å²) in [4.78, 5) is 40.1. The smallest absolute Gasteiger partial charge is 0.262 e. The monoisotopic (exact) mass is 666 g/mol. The summed E-state index contributed by atoms with van der Waals surface area (Å²) in [6, 6.07) is 11.4. The molecule has 1 saturated heterocycles. The van der Waals surface area contributed by atoms with Crippen molar-refractivity contribution < 1.29 is 9.59 Å². The van der Waals surface area contributed by atoms with E-state index in [2.05, 4.69) is 39.1 Å². The predicted octanol–water partition coefficient (Wildman–Crippen LogP) is 9.26. The molecular weight excluding hydrogens is 613 g/mol. The molecule has 256 valence electrons. The number of carbonyl (C=O) groups excluding carboxylic acids is 2. The van der Waals surface area contributed by atoms with Crippen LogP contribution in [0.25, 0.3) is 17.0 Å². The van der Waals surface area contributed by atoms with Crippen LogP contribution in [0.15, 0.2) is 54.9 Å². The van der Waals surface area contributed by atoms with Crippen molar-refractivity contribution in [3.63, 3.8) is 0 Å². The highest BCUT2D eigenvalue weighted by Gasteiger charge is 2.30. The topological polar surface area (TPSA) is 75.2 Å². The van der Waals surface area contributed by atoms with Gasteiger partial charge in [-0.05, 0) is 91.4 Å². The number of thiophene rings is 1. The molecule has 3 heterocycles. The summed E-state index contributed by atoms with van der Waals surface area (Å²) in [5, 5.41) is 3.08. The second kappa shape index (κ2) is 15.5. The minimum absolute atomic E-state index is 0.000795. The van der Waals surface area contributed by atoms with Crippen LogP contribution in [0, 0.1) is 17.8 Å². The van der Waals surface area contributed by atoms with Crippen molar-refractivity contribution in [3.8, 4) is 11.4 Å². The maximum absolute atomic E-state index is 13.6. The van der Waals surface area contributed by atoms with Crippen LogP contribution < -0.4 is 5.32 Å². The number of rotatable bonds is 10. The van der Waals surface area contributed by atoms with E-state index >= 15 is 0 Å². The average Bonchev–Trinajstić information content (AvgIpc) is 3.83. The lowest BCUT2D eigenvalue weighted by Gasteiger charge is -2.35. The molecule has 7 heteroatoms. The first kappa shape index (κ1) is 34.5. The van der Waals surface area contributed by atoms with Gasteiger partial charge in [0.15, 0.2) is 5.82 Å². The van der Waals surface area contributed by atoms with E-state index in [1.807, 2.05) is 53.7 Å². The van der Waals surface area contributed by atoms with Crippen LogP contribution in [0.5, 0.6) is 0 Å².